The van der Waals surface area contributed by atoms with Crippen molar-refractivity contribution in [3.8, 4) is 22.5 Å². The molecule has 13 nitrogen and oxygen atoms in total. The predicted octanol–water partition coefficient (Wildman–Crippen LogP) is 5.24. The fourth-order valence-electron chi connectivity index (χ4n) is 8.14. The number of carbonyl (C=O) groups excluding carboxylic acids is 3. The summed E-state index contributed by atoms with van der Waals surface area (Å²) in [6.07, 6.45) is 9.22. The van der Waals surface area contributed by atoms with Crippen LogP contribution >= 0.6 is 12.4 Å². The minimum atomic E-state index is -0.952. The zero-order valence-corrected chi connectivity index (χ0v) is 32.9. The van der Waals surface area contributed by atoms with E-state index in [-0.39, 0.29) is 42.6 Å². The van der Waals surface area contributed by atoms with Gasteiger partial charge in [-0.3, -0.25) is 19.4 Å². The van der Waals surface area contributed by atoms with Gasteiger partial charge < -0.3 is 21.7 Å². The normalized spacial score (nSPS) is 20.3. The van der Waals surface area contributed by atoms with E-state index in [0.717, 1.165) is 79.4 Å². The van der Waals surface area contributed by atoms with Crippen molar-refractivity contribution >= 4 is 35.8 Å². The number of aryl methyl sites for hydroxylation is 1. The minimum absolute atomic E-state index is 0. The number of halogens is 1. The van der Waals surface area contributed by atoms with Crippen LogP contribution in [0.25, 0.3) is 22.5 Å². The minimum Gasteiger partial charge on any atom is -0.348 e. The first kappa shape index (κ1) is 41.6. The van der Waals surface area contributed by atoms with E-state index < -0.39 is 11.9 Å². The SMILES string of the molecule is CCN(CC)C1CCC(NC(=O)c2cc(C)c(-c3ccc(C[C@H](N)C(=O)N(c4ccc(-c5nnn[nH]5)cc4)C(=O)[C@H]4CC[C@H](CN)CC4)cc3)cn2)CC1.Cl. The smallest absolute Gasteiger partial charge is 0.270 e. The summed E-state index contributed by atoms with van der Waals surface area (Å²) in [6, 6.07) is 16.5. The monoisotopic (exact) mass is 770 g/mol. The summed E-state index contributed by atoms with van der Waals surface area (Å²) < 4.78 is 0. The van der Waals surface area contributed by atoms with Crippen molar-refractivity contribution in [2.75, 3.05) is 24.5 Å². The largest absolute Gasteiger partial charge is 0.348 e. The molecule has 2 aromatic carbocycles. The van der Waals surface area contributed by atoms with Crippen LogP contribution in [0.4, 0.5) is 5.69 Å². The Hall–Kier alpha value is -4.56. The van der Waals surface area contributed by atoms with Gasteiger partial charge in [0.15, 0.2) is 5.82 Å². The number of pyridine rings is 1. The van der Waals surface area contributed by atoms with Gasteiger partial charge in [-0.1, -0.05) is 38.1 Å². The lowest BCUT2D eigenvalue weighted by Crippen LogP contribution is -2.50. The molecular weight excluding hydrogens is 716 g/mol. The highest BCUT2D eigenvalue weighted by molar-refractivity contribution is 6.17. The van der Waals surface area contributed by atoms with Crippen LogP contribution in [0.2, 0.25) is 0 Å². The Kier molecular flexibility index (Phi) is 14.6. The Labute approximate surface area is 329 Å². The Morgan fingerprint density at radius 3 is 2.15 bits per heavy atom. The summed E-state index contributed by atoms with van der Waals surface area (Å²) in [6.45, 7) is 9.11. The molecule has 294 valence electrons. The van der Waals surface area contributed by atoms with Crippen molar-refractivity contribution in [2.45, 2.75) is 96.7 Å². The number of rotatable bonds is 13. The number of anilines is 1. The van der Waals surface area contributed by atoms with Crippen molar-refractivity contribution in [1.29, 1.82) is 0 Å². The number of amides is 3. The fraction of sp³-hybridized carbons (Fsp3) is 0.488. The lowest BCUT2D eigenvalue weighted by Gasteiger charge is -2.36. The highest BCUT2D eigenvalue weighted by atomic mass is 35.5. The number of tetrazole rings is 1. The Morgan fingerprint density at radius 1 is 0.909 bits per heavy atom. The maximum atomic E-state index is 14.1. The van der Waals surface area contributed by atoms with Crippen LogP contribution in [0.3, 0.4) is 0 Å². The summed E-state index contributed by atoms with van der Waals surface area (Å²) in [7, 11) is 0. The third-order valence-electron chi connectivity index (χ3n) is 11.5. The van der Waals surface area contributed by atoms with Gasteiger partial charge in [-0.15, -0.1) is 17.5 Å². The van der Waals surface area contributed by atoms with Gasteiger partial charge in [0.1, 0.15) is 5.69 Å². The quantitative estimate of drug-likeness (QED) is 0.140. The van der Waals surface area contributed by atoms with E-state index >= 15 is 0 Å². The van der Waals surface area contributed by atoms with Gasteiger partial charge in [0.25, 0.3) is 11.8 Å². The molecule has 0 spiro atoms. The van der Waals surface area contributed by atoms with Crippen molar-refractivity contribution in [3.05, 3.63) is 77.6 Å². The number of nitrogens with zero attached hydrogens (tertiary/aromatic N) is 6. The van der Waals surface area contributed by atoms with Gasteiger partial charge in [0, 0.05) is 35.3 Å². The number of aromatic nitrogens is 5. The molecule has 2 aliphatic carbocycles. The molecule has 6 rings (SSSR count). The first-order chi connectivity index (χ1) is 26.2. The van der Waals surface area contributed by atoms with Crippen molar-refractivity contribution in [3.63, 3.8) is 0 Å². The molecule has 2 saturated carbocycles. The molecule has 2 aromatic heterocycles. The number of aromatic amines is 1. The average molecular weight is 771 g/mol. The van der Waals surface area contributed by atoms with Gasteiger partial charge in [-0.25, -0.2) is 10.00 Å². The van der Waals surface area contributed by atoms with E-state index in [1.54, 1.807) is 30.5 Å². The van der Waals surface area contributed by atoms with Gasteiger partial charge in [-0.05, 0) is 148 Å². The van der Waals surface area contributed by atoms with Gasteiger partial charge >= 0.3 is 0 Å². The van der Waals surface area contributed by atoms with E-state index in [4.69, 9.17) is 11.5 Å². The second-order valence-electron chi connectivity index (χ2n) is 14.9. The molecule has 3 amide bonds. The number of imide groups is 1. The molecule has 0 saturated heterocycles. The molecule has 2 fully saturated rings. The van der Waals surface area contributed by atoms with Crippen LogP contribution in [0.15, 0.2) is 60.8 Å². The Balaban J connectivity index is 0.00000580. The number of hydrogen-bond acceptors (Lipinski definition) is 10. The predicted molar refractivity (Wildman–Crippen MR) is 216 cm³/mol. The van der Waals surface area contributed by atoms with Gasteiger partial charge in [0.2, 0.25) is 5.91 Å². The maximum Gasteiger partial charge on any atom is 0.270 e. The van der Waals surface area contributed by atoms with E-state index in [2.05, 4.69) is 49.7 Å². The molecule has 0 aliphatic heterocycles. The standard InChI is InChI=1S/C41H54N10O3.ClH/c1-4-50(5-2)33-20-16-32(17-21-33)45-39(52)37-22-26(3)35(25-44-37)29-10-6-27(7-11-29)23-36(43)41(54)51(40(53)31-12-8-28(24-42)9-13-31)34-18-14-30(15-19-34)38-46-48-49-47-38;/h6-7,10-11,14-15,18-19,22,25,28,31-33,36H,4-5,8-9,12-13,16-17,20-21,23-24,42-43H2,1-3H3,(H,45,52)(H,46,47,48,49);1H/t28-,31-,32?,33?,36-;/m0./s1. The first-order valence-corrected chi connectivity index (χ1v) is 19.5. The summed E-state index contributed by atoms with van der Waals surface area (Å²) >= 11 is 0. The summed E-state index contributed by atoms with van der Waals surface area (Å²) in [5, 5.41) is 17.2. The number of nitrogens with one attached hydrogen (secondary N) is 2. The highest BCUT2D eigenvalue weighted by Crippen LogP contribution is 2.32. The molecule has 0 unspecified atom stereocenters. The Bertz CT molecular complexity index is 1850. The third kappa shape index (κ3) is 10.0. The Morgan fingerprint density at radius 2 is 1.56 bits per heavy atom. The van der Waals surface area contributed by atoms with Crippen molar-refractivity contribution in [2.24, 2.45) is 23.3 Å². The molecule has 6 N–H and O–H groups in total. The highest BCUT2D eigenvalue weighted by Gasteiger charge is 2.35. The van der Waals surface area contributed by atoms with E-state index in [9.17, 15) is 14.4 Å². The summed E-state index contributed by atoms with van der Waals surface area (Å²) in [5.74, 6) is -0.231. The lowest BCUT2D eigenvalue weighted by molar-refractivity contribution is -0.130. The molecule has 2 heterocycles. The lowest BCUT2D eigenvalue weighted by atomic mass is 9.81. The molecule has 1 atom stereocenters. The number of hydrogen-bond donors (Lipinski definition) is 4. The number of nitrogens with two attached hydrogens (primary N) is 2. The molecule has 0 bridgehead atoms. The second-order valence-corrected chi connectivity index (χ2v) is 14.9. The molecule has 0 radical (unpaired) electrons. The topological polar surface area (TPSA) is 189 Å². The van der Waals surface area contributed by atoms with Crippen LogP contribution in [-0.4, -0.2) is 86.0 Å². The van der Waals surface area contributed by atoms with Crippen molar-refractivity contribution < 1.29 is 14.4 Å². The van der Waals surface area contributed by atoms with Gasteiger partial charge in [0.05, 0.1) is 11.7 Å². The molecule has 4 aromatic rings. The van der Waals surface area contributed by atoms with Gasteiger partial charge in [-0.2, -0.15) is 0 Å². The van der Waals surface area contributed by atoms with Crippen molar-refractivity contribution in [1.82, 2.24) is 35.8 Å². The average Bonchev–Trinajstić information content (AvgIpc) is 3.75. The molecule has 14 heteroatoms. The zero-order chi connectivity index (χ0) is 38.2. The van der Waals surface area contributed by atoms with Crippen LogP contribution in [0.1, 0.15) is 86.8 Å². The zero-order valence-electron chi connectivity index (χ0n) is 32.1. The van der Waals surface area contributed by atoms with E-state index in [0.29, 0.717) is 48.6 Å². The van der Waals surface area contributed by atoms with Crippen LogP contribution in [-0.2, 0) is 16.0 Å². The second kappa shape index (κ2) is 19.3. The van der Waals surface area contributed by atoms with E-state index in [1.165, 1.54) is 4.90 Å². The first-order valence-electron chi connectivity index (χ1n) is 19.5. The summed E-state index contributed by atoms with van der Waals surface area (Å²) in [5.41, 5.74) is 17.7. The molecular formula is C41H55ClN10O3. The number of benzene rings is 2. The van der Waals surface area contributed by atoms with Crippen LogP contribution < -0.4 is 21.7 Å². The molecule has 2 aliphatic rings. The van der Waals surface area contributed by atoms with E-state index in [1.807, 2.05) is 37.3 Å². The number of H-pyrrole nitrogens is 1. The third-order valence-corrected chi connectivity index (χ3v) is 11.5. The van der Waals surface area contributed by atoms with Crippen LogP contribution in [0.5, 0.6) is 0 Å². The fourth-order valence-corrected chi connectivity index (χ4v) is 8.14. The van der Waals surface area contributed by atoms with Crippen LogP contribution in [0, 0.1) is 18.8 Å². The molecule has 55 heavy (non-hydrogen) atoms. The number of carbonyl (C=O) groups is 3. The maximum absolute atomic E-state index is 14.1. The summed E-state index contributed by atoms with van der Waals surface area (Å²) in [4.78, 5) is 49.5.